The quantitative estimate of drug-likeness (QED) is 0.860. The predicted molar refractivity (Wildman–Crippen MR) is 93.8 cm³/mol. The number of para-hydroxylation sites is 1. The molecule has 1 amide bonds. The lowest BCUT2D eigenvalue weighted by molar-refractivity contribution is -0.123. The topological polar surface area (TPSA) is 38.3 Å². The molecule has 0 fully saturated rings. The van der Waals surface area contributed by atoms with E-state index in [4.69, 9.17) is 4.74 Å². The molecule has 0 radical (unpaired) electrons. The second kappa shape index (κ2) is 7.82. The molecule has 0 unspecified atom stereocenters. The lowest BCUT2D eigenvalue weighted by Gasteiger charge is -2.16. The van der Waals surface area contributed by atoms with E-state index in [9.17, 15) is 4.79 Å². The normalized spacial score (nSPS) is 12.0. The summed E-state index contributed by atoms with van der Waals surface area (Å²) in [6.45, 7) is 8.28. The molecule has 1 N–H and O–H groups in total. The molecule has 3 nitrogen and oxygen atoms in total. The molecule has 0 spiro atoms. The summed E-state index contributed by atoms with van der Waals surface area (Å²) >= 11 is 0. The zero-order chi connectivity index (χ0) is 16.8. The monoisotopic (exact) mass is 311 g/mol. The maximum Gasteiger partial charge on any atom is 0.258 e. The summed E-state index contributed by atoms with van der Waals surface area (Å²) in [5.41, 5.74) is 3.42. The largest absolute Gasteiger partial charge is 0.483 e. The smallest absolute Gasteiger partial charge is 0.258 e. The first kappa shape index (κ1) is 17.1. The van der Waals surface area contributed by atoms with Crippen LogP contribution in [-0.2, 0) is 4.79 Å². The minimum atomic E-state index is -0.114. The van der Waals surface area contributed by atoms with Gasteiger partial charge in [0.15, 0.2) is 6.61 Å². The van der Waals surface area contributed by atoms with Gasteiger partial charge in [-0.15, -0.1) is 0 Å². The van der Waals surface area contributed by atoms with Crippen LogP contribution < -0.4 is 10.1 Å². The van der Waals surface area contributed by atoms with Gasteiger partial charge in [0.05, 0.1) is 6.04 Å². The average molecular weight is 311 g/mol. The standard InChI is InChI=1S/C20H25NO2/c1-14(2)18-7-5-6-8-19(18)23-13-20(22)21-16(4)17-11-9-15(3)10-12-17/h5-12,14,16H,13H2,1-4H3,(H,21,22)/t16-/m0/s1. The molecule has 122 valence electrons. The highest BCUT2D eigenvalue weighted by atomic mass is 16.5. The van der Waals surface area contributed by atoms with Crippen molar-refractivity contribution in [2.45, 2.75) is 39.7 Å². The number of hydrogen-bond acceptors (Lipinski definition) is 2. The maximum atomic E-state index is 12.1. The van der Waals surface area contributed by atoms with Crippen molar-refractivity contribution in [3.8, 4) is 5.75 Å². The number of carbonyl (C=O) groups excluding carboxylic acids is 1. The zero-order valence-corrected chi connectivity index (χ0v) is 14.3. The molecule has 0 saturated carbocycles. The van der Waals surface area contributed by atoms with E-state index in [1.807, 2.05) is 62.4 Å². The summed E-state index contributed by atoms with van der Waals surface area (Å²) in [5.74, 6) is 1.03. The molecule has 2 rings (SSSR count). The summed E-state index contributed by atoms with van der Waals surface area (Å²) in [4.78, 5) is 12.1. The van der Waals surface area contributed by atoms with Crippen molar-refractivity contribution in [3.05, 3.63) is 65.2 Å². The zero-order valence-electron chi connectivity index (χ0n) is 14.3. The molecule has 23 heavy (non-hydrogen) atoms. The lowest BCUT2D eigenvalue weighted by Crippen LogP contribution is -2.31. The van der Waals surface area contributed by atoms with Crippen LogP contribution >= 0.6 is 0 Å². The molecule has 0 saturated heterocycles. The first-order valence-corrected chi connectivity index (χ1v) is 8.05. The third-order valence-corrected chi connectivity index (χ3v) is 3.85. The summed E-state index contributed by atoms with van der Waals surface area (Å²) in [6.07, 6.45) is 0. The van der Waals surface area contributed by atoms with Gasteiger partial charge in [0, 0.05) is 0 Å². The second-order valence-electron chi connectivity index (χ2n) is 6.18. The number of hydrogen-bond donors (Lipinski definition) is 1. The average Bonchev–Trinajstić information content (AvgIpc) is 2.53. The van der Waals surface area contributed by atoms with Crippen molar-refractivity contribution in [1.29, 1.82) is 0 Å². The van der Waals surface area contributed by atoms with Gasteiger partial charge in [-0.2, -0.15) is 0 Å². The number of rotatable bonds is 6. The summed E-state index contributed by atoms with van der Waals surface area (Å²) in [6, 6.07) is 16.0. The van der Waals surface area contributed by atoms with Gasteiger partial charge in [-0.05, 0) is 37.0 Å². The Morgan fingerprint density at radius 3 is 2.35 bits per heavy atom. The van der Waals surface area contributed by atoms with E-state index in [1.165, 1.54) is 5.56 Å². The van der Waals surface area contributed by atoms with Crippen LogP contribution in [0, 0.1) is 6.92 Å². The van der Waals surface area contributed by atoms with Crippen molar-refractivity contribution >= 4 is 5.91 Å². The number of ether oxygens (including phenoxy) is 1. The SMILES string of the molecule is Cc1ccc([C@H](C)NC(=O)COc2ccccc2C(C)C)cc1. The summed E-state index contributed by atoms with van der Waals surface area (Å²) in [5, 5.41) is 2.97. The Morgan fingerprint density at radius 2 is 1.70 bits per heavy atom. The fourth-order valence-corrected chi connectivity index (χ4v) is 2.45. The van der Waals surface area contributed by atoms with Crippen molar-refractivity contribution in [3.63, 3.8) is 0 Å². The van der Waals surface area contributed by atoms with E-state index < -0.39 is 0 Å². The molecule has 0 aliphatic heterocycles. The summed E-state index contributed by atoms with van der Waals surface area (Å²) in [7, 11) is 0. The molecule has 1 atom stereocenters. The maximum absolute atomic E-state index is 12.1. The van der Waals surface area contributed by atoms with Crippen molar-refractivity contribution < 1.29 is 9.53 Å². The van der Waals surface area contributed by atoms with Gasteiger partial charge >= 0.3 is 0 Å². The van der Waals surface area contributed by atoms with Crippen molar-refractivity contribution in [2.24, 2.45) is 0 Å². The Bertz CT molecular complexity index is 647. The minimum absolute atomic E-state index is 0.0277. The van der Waals surface area contributed by atoms with Gasteiger partial charge in [-0.25, -0.2) is 0 Å². The molecule has 0 heterocycles. The van der Waals surface area contributed by atoms with E-state index in [2.05, 4.69) is 19.2 Å². The molecule has 0 aliphatic rings. The van der Waals surface area contributed by atoms with E-state index >= 15 is 0 Å². The van der Waals surface area contributed by atoms with E-state index in [0.717, 1.165) is 16.9 Å². The van der Waals surface area contributed by atoms with Crippen LogP contribution in [0.15, 0.2) is 48.5 Å². The third kappa shape index (κ3) is 4.85. The van der Waals surface area contributed by atoms with Crippen LogP contribution in [-0.4, -0.2) is 12.5 Å². The Labute approximate surface area is 138 Å². The molecule has 0 aromatic heterocycles. The van der Waals surface area contributed by atoms with Crippen LogP contribution in [0.4, 0.5) is 0 Å². The van der Waals surface area contributed by atoms with Crippen molar-refractivity contribution in [2.75, 3.05) is 6.61 Å². The first-order valence-electron chi connectivity index (χ1n) is 8.05. The molecule has 0 bridgehead atoms. The summed E-state index contributed by atoms with van der Waals surface area (Å²) < 4.78 is 5.70. The second-order valence-corrected chi connectivity index (χ2v) is 6.18. The molecular formula is C20H25NO2. The van der Waals surface area contributed by atoms with Gasteiger partial charge in [0.25, 0.3) is 5.91 Å². The van der Waals surface area contributed by atoms with Gasteiger partial charge in [0.1, 0.15) is 5.75 Å². The van der Waals surface area contributed by atoms with Gasteiger partial charge < -0.3 is 10.1 Å². The van der Waals surface area contributed by atoms with Gasteiger partial charge in [-0.1, -0.05) is 61.9 Å². The molecule has 3 heteroatoms. The first-order chi connectivity index (χ1) is 11.0. The fourth-order valence-electron chi connectivity index (χ4n) is 2.45. The Kier molecular flexibility index (Phi) is 5.80. The minimum Gasteiger partial charge on any atom is -0.483 e. The molecular weight excluding hydrogens is 286 g/mol. The van der Waals surface area contributed by atoms with E-state index in [-0.39, 0.29) is 18.6 Å². The van der Waals surface area contributed by atoms with Crippen LogP contribution in [0.1, 0.15) is 49.4 Å². The molecule has 0 aliphatic carbocycles. The van der Waals surface area contributed by atoms with Gasteiger partial charge in [0.2, 0.25) is 0 Å². The van der Waals surface area contributed by atoms with Crippen molar-refractivity contribution in [1.82, 2.24) is 5.32 Å². The van der Waals surface area contributed by atoms with E-state index in [1.54, 1.807) is 0 Å². The van der Waals surface area contributed by atoms with Crippen LogP contribution in [0.3, 0.4) is 0 Å². The highest BCUT2D eigenvalue weighted by molar-refractivity contribution is 5.78. The lowest BCUT2D eigenvalue weighted by atomic mass is 10.0. The Balaban J connectivity index is 1.91. The Hall–Kier alpha value is -2.29. The van der Waals surface area contributed by atoms with Crippen LogP contribution in [0.25, 0.3) is 0 Å². The Morgan fingerprint density at radius 1 is 1.04 bits per heavy atom. The highest BCUT2D eigenvalue weighted by Gasteiger charge is 2.12. The third-order valence-electron chi connectivity index (χ3n) is 3.85. The van der Waals surface area contributed by atoms with Crippen LogP contribution in [0.2, 0.25) is 0 Å². The molecule has 2 aromatic carbocycles. The van der Waals surface area contributed by atoms with Crippen LogP contribution in [0.5, 0.6) is 5.75 Å². The van der Waals surface area contributed by atoms with E-state index in [0.29, 0.717) is 5.92 Å². The number of aryl methyl sites for hydroxylation is 1. The fraction of sp³-hybridized carbons (Fsp3) is 0.350. The van der Waals surface area contributed by atoms with Gasteiger partial charge in [-0.3, -0.25) is 4.79 Å². The number of carbonyl (C=O) groups is 1. The predicted octanol–water partition coefficient (Wildman–Crippen LogP) is 4.37. The number of nitrogens with one attached hydrogen (secondary N) is 1. The molecule has 2 aromatic rings. The number of benzene rings is 2. The highest BCUT2D eigenvalue weighted by Crippen LogP contribution is 2.25. The number of amides is 1.